The lowest BCUT2D eigenvalue weighted by molar-refractivity contribution is -0.137. The van der Waals surface area contributed by atoms with Gasteiger partial charge in [-0.25, -0.2) is 0 Å². The monoisotopic (exact) mass is 437 g/mol. The molecule has 1 aromatic heterocycles. The number of hydrogen-bond acceptors (Lipinski definition) is 4. The van der Waals surface area contributed by atoms with E-state index in [0.29, 0.717) is 24.4 Å². The molecule has 2 aromatic carbocycles. The average molecular weight is 437 g/mol. The lowest BCUT2D eigenvalue weighted by atomic mass is 9.94. The number of nitriles is 1. The van der Waals surface area contributed by atoms with Crippen molar-refractivity contribution in [2.24, 2.45) is 0 Å². The molecule has 164 valence electrons. The van der Waals surface area contributed by atoms with Crippen LogP contribution in [-0.2, 0) is 6.18 Å². The number of alkyl halides is 3. The summed E-state index contributed by atoms with van der Waals surface area (Å²) in [6.07, 6.45) is 0.545. The molecule has 1 unspecified atom stereocenters. The Morgan fingerprint density at radius 3 is 2.31 bits per heavy atom. The molecular weight excluding hydrogens is 415 g/mol. The summed E-state index contributed by atoms with van der Waals surface area (Å²) in [6.45, 7) is 1.42. The Morgan fingerprint density at radius 1 is 0.969 bits per heavy atom. The first kappa shape index (κ1) is 21.8. The van der Waals surface area contributed by atoms with E-state index in [1.54, 1.807) is 42.7 Å². The van der Waals surface area contributed by atoms with Gasteiger partial charge in [0.15, 0.2) is 0 Å². The lowest BCUT2D eigenvalue weighted by Crippen LogP contribution is -2.40. The van der Waals surface area contributed by atoms with E-state index in [4.69, 9.17) is 4.74 Å². The molecular formula is C25H22F3N3O. The van der Waals surface area contributed by atoms with Crippen LogP contribution in [0.1, 0.15) is 41.1 Å². The summed E-state index contributed by atoms with van der Waals surface area (Å²) in [5.74, 6) is 0.583. The molecule has 1 saturated heterocycles. The number of nitrogens with zero attached hydrogens (tertiary/aromatic N) is 3. The number of benzene rings is 2. The van der Waals surface area contributed by atoms with E-state index in [2.05, 4.69) is 16.0 Å². The van der Waals surface area contributed by atoms with Crippen molar-refractivity contribution in [2.75, 3.05) is 13.1 Å². The zero-order valence-electron chi connectivity index (χ0n) is 17.3. The number of halogens is 3. The minimum atomic E-state index is -4.36. The molecule has 1 atom stereocenters. The van der Waals surface area contributed by atoms with Crippen LogP contribution in [0, 0.1) is 11.3 Å². The molecule has 4 nitrogen and oxygen atoms in total. The summed E-state index contributed by atoms with van der Waals surface area (Å²) in [6, 6.07) is 18.3. The quantitative estimate of drug-likeness (QED) is 0.521. The van der Waals surface area contributed by atoms with Crippen molar-refractivity contribution in [1.82, 2.24) is 9.88 Å². The number of ether oxygens (including phenoxy) is 1. The average Bonchev–Trinajstić information content (AvgIpc) is 2.81. The van der Waals surface area contributed by atoms with Gasteiger partial charge < -0.3 is 4.74 Å². The predicted molar refractivity (Wildman–Crippen MR) is 114 cm³/mol. The fourth-order valence-corrected chi connectivity index (χ4v) is 4.10. The number of aromatic nitrogens is 1. The van der Waals surface area contributed by atoms with Gasteiger partial charge in [0.2, 0.25) is 0 Å². The zero-order valence-corrected chi connectivity index (χ0v) is 17.3. The molecule has 1 fully saturated rings. The highest BCUT2D eigenvalue weighted by Gasteiger charge is 2.32. The Bertz CT molecular complexity index is 1070. The molecule has 0 bridgehead atoms. The number of hydrogen-bond donors (Lipinski definition) is 0. The minimum Gasteiger partial charge on any atom is -0.489 e. The van der Waals surface area contributed by atoms with Gasteiger partial charge >= 0.3 is 6.18 Å². The summed E-state index contributed by atoms with van der Waals surface area (Å²) in [4.78, 5) is 6.46. The van der Waals surface area contributed by atoms with Crippen LogP contribution in [0.25, 0.3) is 0 Å². The Morgan fingerprint density at radius 2 is 1.69 bits per heavy atom. The first-order valence-corrected chi connectivity index (χ1v) is 10.4. The normalized spacial score (nSPS) is 16.3. The molecule has 0 aliphatic carbocycles. The zero-order chi connectivity index (χ0) is 22.6. The highest BCUT2D eigenvalue weighted by Crippen LogP contribution is 2.35. The van der Waals surface area contributed by atoms with Crippen LogP contribution >= 0.6 is 0 Å². The van der Waals surface area contributed by atoms with Gasteiger partial charge in [0.25, 0.3) is 0 Å². The molecule has 32 heavy (non-hydrogen) atoms. The highest BCUT2D eigenvalue weighted by atomic mass is 19.4. The first-order chi connectivity index (χ1) is 15.5. The maximum atomic E-state index is 13.0. The molecule has 3 aromatic rings. The van der Waals surface area contributed by atoms with Gasteiger partial charge in [-0.15, -0.1) is 0 Å². The van der Waals surface area contributed by atoms with E-state index in [9.17, 15) is 18.4 Å². The highest BCUT2D eigenvalue weighted by molar-refractivity contribution is 5.42. The van der Waals surface area contributed by atoms with Crippen LogP contribution in [0.2, 0.25) is 0 Å². The van der Waals surface area contributed by atoms with Crippen LogP contribution in [-0.4, -0.2) is 29.1 Å². The van der Waals surface area contributed by atoms with E-state index in [-0.39, 0.29) is 12.1 Å². The molecule has 0 saturated carbocycles. The van der Waals surface area contributed by atoms with Crippen LogP contribution in [0.15, 0.2) is 73.1 Å². The predicted octanol–water partition coefficient (Wildman–Crippen LogP) is 5.60. The van der Waals surface area contributed by atoms with Gasteiger partial charge in [0.05, 0.1) is 17.2 Å². The third kappa shape index (κ3) is 4.92. The largest absolute Gasteiger partial charge is 0.489 e. The van der Waals surface area contributed by atoms with Crippen LogP contribution < -0.4 is 4.74 Å². The molecule has 0 radical (unpaired) electrons. The van der Waals surface area contributed by atoms with Gasteiger partial charge in [0, 0.05) is 25.5 Å². The van der Waals surface area contributed by atoms with E-state index in [0.717, 1.165) is 36.1 Å². The van der Waals surface area contributed by atoms with Crippen molar-refractivity contribution in [1.29, 1.82) is 5.26 Å². The Kier molecular flexibility index (Phi) is 6.42. The van der Waals surface area contributed by atoms with Gasteiger partial charge in [-0.3, -0.25) is 9.88 Å². The minimum absolute atomic E-state index is 0.0251. The van der Waals surface area contributed by atoms with Crippen molar-refractivity contribution in [3.63, 3.8) is 0 Å². The maximum absolute atomic E-state index is 13.0. The summed E-state index contributed by atoms with van der Waals surface area (Å²) < 4.78 is 45.1. The molecule has 2 heterocycles. The van der Waals surface area contributed by atoms with Crippen LogP contribution in [0.4, 0.5) is 13.2 Å². The molecule has 0 amide bonds. The second kappa shape index (κ2) is 9.41. The van der Waals surface area contributed by atoms with Crippen molar-refractivity contribution < 1.29 is 17.9 Å². The van der Waals surface area contributed by atoms with Crippen LogP contribution in [0.5, 0.6) is 5.75 Å². The Balaban J connectivity index is 1.52. The Labute approximate surface area is 184 Å². The smallest absolute Gasteiger partial charge is 0.416 e. The molecule has 7 heteroatoms. The molecule has 0 N–H and O–H groups in total. The summed E-state index contributed by atoms with van der Waals surface area (Å²) in [5.41, 5.74) is 1.57. The van der Waals surface area contributed by atoms with Crippen molar-refractivity contribution in [3.8, 4) is 11.8 Å². The number of likely N-dealkylation sites (tertiary alicyclic amines) is 1. The maximum Gasteiger partial charge on any atom is 0.416 e. The third-order valence-corrected chi connectivity index (χ3v) is 5.70. The summed E-state index contributed by atoms with van der Waals surface area (Å²) in [5, 5.41) is 9.27. The summed E-state index contributed by atoms with van der Waals surface area (Å²) >= 11 is 0. The van der Waals surface area contributed by atoms with Crippen LogP contribution in [0.3, 0.4) is 0 Å². The standard InChI is InChI=1S/C25H22F3N3O/c26-25(27,28)21-9-7-18(8-10-21)24(20-5-3-13-30-17-20)31-14-11-22(12-15-31)32-23-6-2-1-4-19(23)16-29/h1-10,13,17,22,24H,11-12,14-15H2. The van der Waals surface area contributed by atoms with E-state index < -0.39 is 11.7 Å². The van der Waals surface area contributed by atoms with Gasteiger partial charge in [-0.2, -0.15) is 18.4 Å². The van der Waals surface area contributed by atoms with E-state index >= 15 is 0 Å². The number of rotatable bonds is 5. The molecule has 1 aliphatic rings. The third-order valence-electron chi connectivity index (χ3n) is 5.70. The SMILES string of the molecule is N#Cc1ccccc1OC1CCN(C(c2ccc(C(F)(F)F)cc2)c2cccnc2)CC1. The van der Waals surface area contributed by atoms with E-state index in [1.807, 2.05) is 18.2 Å². The second-order valence-electron chi connectivity index (χ2n) is 7.77. The van der Waals surface area contributed by atoms with E-state index in [1.165, 1.54) is 0 Å². The van der Waals surface area contributed by atoms with Gasteiger partial charge in [0.1, 0.15) is 17.9 Å². The fraction of sp³-hybridized carbons (Fsp3) is 0.280. The molecule has 1 aliphatic heterocycles. The molecule has 0 spiro atoms. The fourth-order valence-electron chi connectivity index (χ4n) is 4.10. The van der Waals surface area contributed by atoms with Gasteiger partial charge in [-0.05, 0) is 54.3 Å². The topological polar surface area (TPSA) is 49.1 Å². The van der Waals surface area contributed by atoms with Gasteiger partial charge in [-0.1, -0.05) is 30.3 Å². The Hall–Kier alpha value is -3.37. The number of pyridine rings is 1. The summed E-state index contributed by atoms with van der Waals surface area (Å²) in [7, 11) is 0. The van der Waals surface area contributed by atoms with Crippen molar-refractivity contribution in [3.05, 3.63) is 95.3 Å². The molecule has 4 rings (SSSR count). The lowest BCUT2D eigenvalue weighted by Gasteiger charge is -2.38. The number of para-hydroxylation sites is 1. The van der Waals surface area contributed by atoms with Crippen molar-refractivity contribution in [2.45, 2.75) is 31.2 Å². The first-order valence-electron chi connectivity index (χ1n) is 10.4. The number of piperidine rings is 1. The second-order valence-corrected chi connectivity index (χ2v) is 7.77. The van der Waals surface area contributed by atoms with Crippen molar-refractivity contribution >= 4 is 0 Å².